The van der Waals surface area contributed by atoms with Crippen LogP contribution in [0.1, 0.15) is 0 Å². The van der Waals surface area contributed by atoms with E-state index in [2.05, 4.69) is 20.4 Å². The predicted octanol–water partition coefficient (Wildman–Crippen LogP) is -0.442. The third-order valence-corrected chi connectivity index (χ3v) is 3.54. The normalized spacial score (nSPS) is 12.0. The van der Waals surface area contributed by atoms with Crippen LogP contribution >= 0.6 is 0 Å². The van der Waals surface area contributed by atoms with Gasteiger partial charge < -0.3 is 0 Å². The van der Waals surface area contributed by atoms with Gasteiger partial charge in [0.2, 0.25) is 5.03 Å². The van der Waals surface area contributed by atoms with Crippen molar-refractivity contribution < 1.29 is 8.42 Å². The van der Waals surface area contributed by atoms with Crippen molar-refractivity contribution in [3.63, 3.8) is 0 Å². The van der Waals surface area contributed by atoms with Crippen molar-refractivity contribution in [3.8, 4) is 0 Å². The first-order chi connectivity index (χ1) is 8.18. The maximum atomic E-state index is 12.0. The second-order valence-corrected chi connectivity index (χ2v) is 4.93. The third-order valence-electron chi connectivity index (χ3n) is 2.12. The van der Waals surface area contributed by atoms with Crippen molar-refractivity contribution in [2.45, 2.75) is 5.03 Å². The largest absolute Gasteiger partial charge is 0.303 e. The molecule has 0 saturated carbocycles. The maximum absolute atomic E-state index is 12.0. The zero-order valence-corrected chi connectivity index (χ0v) is 9.19. The van der Waals surface area contributed by atoms with E-state index in [0.29, 0.717) is 5.65 Å². The number of fused-ring (bicyclic) bond motifs is 1. The predicted molar refractivity (Wildman–Crippen MR) is 55.6 cm³/mol. The summed E-state index contributed by atoms with van der Waals surface area (Å²) in [5.41, 5.74) is 0.450. The van der Waals surface area contributed by atoms with Crippen LogP contribution in [0.15, 0.2) is 41.9 Å². The summed E-state index contributed by atoms with van der Waals surface area (Å²) in [5.74, 6) is 0. The van der Waals surface area contributed by atoms with Gasteiger partial charge in [-0.25, -0.2) is 9.50 Å². The molecular formula is C8H6N6O2S. The minimum atomic E-state index is -3.79. The lowest BCUT2D eigenvalue weighted by atomic mass is 10.6. The summed E-state index contributed by atoms with van der Waals surface area (Å²) in [4.78, 5) is 3.99. The second-order valence-electron chi connectivity index (χ2n) is 3.19. The summed E-state index contributed by atoms with van der Waals surface area (Å²) in [6, 6.07) is 3.03. The van der Waals surface area contributed by atoms with Crippen LogP contribution in [0.25, 0.3) is 5.65 Å². The Kier molecular flexibility index (Phi) is 1.95. The van der Waals surface area contributed by atoms with Gasteiger partial charge in [-0.05, 0) is 6.07 Å². The molecule has 0 spiro atoms. The van der Waals surface area contributed by atoms with Crippen molar-refractivity contribution >= 4 is 15.7 Å². The molecule has 0 aromatic carbocycles. The quantitative estimate of drug-likeness (QED) is 0.611. The molecule has 17 heavy (non-hydrogen) atoms. The number of hydrogen-bond acceptors (Lipinski definition) is 6. The Labute approximate surface area is 95.6 Å². The van der Waals surface area contributed by atoms with Crippen LogP contribution in [-0.4, -0.2) is 37.4 Å². The topological polar surface area (TPSA) is 95.0 Å². The lowest BCUT2D eigenvalue weighted by molar-refractivity contribution is 0.572. The Morgan fingerprint density at radius 2 is 2.06 bits per heavy atom. The highest BCUT2D eigenvalue weighted by Crippen LogP contribution is 2.11. The van der Waals surface area contributed by atoms with E-state index in [1.54, 1.807) is 18.5 Å². The number of nitrogens with zero attached hydrogens (tertiary/aromatic N) is 6. The molecule has 0 radical (unpaired) electrons. The molecule has 9 heteroatoms. The number of hydrogen-bond donors (Lipinski definition) is 0. The fourth-order valence-electron chi connectivity index (χ4n) is 1.36. The molecule has 3 heterocycles. The minimum absolute atomic E-state index is 0.123. The van der Waals surface area contributed by atoms with E-state index in [4.69, 9.17) is 0 Å². The molecule has 0 atom stereocenters. The van der Waals surface area contributed by atoms with Crippen LogP contribution in [0.4, 0.5) is 0 Å². The van der Waals surface area contributed by atoms with Crippen molar-refractivity contribution in [1.29, 1.82) is 0 Å². The van der Waals surface area contributed by atoms with Gasteiger partial charge >= 0.3 is 10.0 Å². The average molecular weight is 250 g/mol. The van der Waals surface area contributed by atoms with Crippen LogP contribution in [0.2, 0.25) is 0 Å². The second kappa shape index (κ2) is 3.35. The zero-order valence-electron chi connectivity index (χ0n) is 8.37. The molecule has 3 aromatic heterocycles. The van der Waals surface area contributed by atoms with E-state index >= 15 is 0 Å². The van der Waals surface area contributed by atoms with Gasteiger partial charge in [-0.3, -0.25) is 0 Å². The smallest absolute Gasteiger partial charge is 0.237 e. The molecule has 0 amide bonds. The van der Waals surface area contributed by atoms with Gasteiger partial charge in [0.05, 0.1) is 12.4 Å². The van der Waals surface area contributed by atoms with Gasteiger partial charge in [-0.2, -0.15) is 13.5 Å². The molecule has 3 aromatic rings. The summed E-state index contributed by atoms with van der Waals surface area (Å²) in [7, 11) is -3.79. The Bertz CT molecular complexity index is 727. The summed E-state index contributed by atoms with van der Waals surface area (Å²) < 4.78 is 26.2. The van der Waals surface area contributed by atoms with Crippen molar-refractivity contribution in [3.05, 3.63) is 36.9 Å². The first-order valence-electron chi connectivity index (χ1n) is 4.60. The van der Waals surface area contributed by atoms with Gasteiger partial charge in [0.1, 0.15) is 0 Å². The van der Waals surface area contributed by atoms with Crippen LogP contribution < -0.4 is 0 Å². The summed E-state index contributed by atoms with van der Waals surface area (Å²) in [6.45, 7) is 0. The highest BCUT2D eigenvalue weighted by molar-refractivity contribution is 7.89. The molecular weight excluding hydrogens is 244 g/mol. The molecule has 86 valence electrons. The molecule has 0 unspecified atom stereocenters. The summed E-state index contributed by atoms with van der Waals surface area (Å²) in [6.07, 6.45) is 5.70. The summed E-state index contributed by atoms with van der Waals surface area (Å²) >= 11 is 0. The minimum Gasteiger partial charge on any atom is -0.237 e. The Balaban J connectivity index is 2.22. The fraction of sp³-hybridized carbons (Fsp3) is 0. The maximum Gasteiger partial charge on any atom is 0.303 e. The standard InChI is InChI=1S/C8H6N6O2S/c15-17(16,14-5-3-10-12-14)8-6-7-9-2-1-4-13(7)11-8/h1-6H. The van der Waals surface area contributed by atoms with Gasteiger partial charge in [-0.15, -0.1) is 9.19 Å². The lowest BCUT2D eigenvalue weighted by Gasteiger charge is -1.97. The van der Waals surface area contributed by atoms with Crippen molar-refractivity contribution in [2.24, 2.45) is 0 Å². The molecule has 0 aliphatic rings. The van der Waals surface area contributed by atoms with E-state index in [0.717, 1.165) is 4.09 Å². The van der Waals surface area contributed by atoms with E-state index in [9.17, 15) is 8.42 Å². The Hall–Kier alpha value is -2.29. The number of rotatable bonds is 2. The van der Waals surface area contributed by atoms with Crippen LogP contribution in [0.5, 0.6) is 0 Å². The Morgan fingerprint density at radius 3 is 2.76 bits per heavy atom. The van der Waals surface area contributed by atoms with Gasteiger partial charge in [0.15, 0.2) is 5.65 Å². The number of aromatic nitrogens is 6. The molecule has 8 nitrogen and oxygen atoms in total. The monoisotopic (exact) mass is 250 g/mol. The molecule has 0 aliphatic heterocycles. The van der Waals surface area contributed by atoms with E-state index < -0.39 is 10.0 Å². The molecule has 0 bridgehead atoms. The lowest BCUT2D eigenvalue weighted by Crippen LogP contribution is -2.14. The van der Waals surface area contributed by atoms with Crippen LogP contribution in [-0.2, 0) is 10.0 Å². The molecule has 3 rings (SSSR count). The van der Waals surface area contributed by atoms with Crippen molar-refractivity contribution in [2.75, 3.05) is 0 Å². The molecule has 0 N–H and O–H groups in total. The van der Waals surface area contributed by atoms with Crippen LogP contribution in [0, 0.1) is 0 Å². The molecule has 0 aliphatic carbocycles. The first-order valence-corrected chi connectivity index (χ1v) is 6.04. The van der Waals surface area contributed by atoms with Crippen molar-refractivity contribution in [1.82, 2.24) is 29.0 Å². The van der Waals surface area contributed by atoms with E-state index in [1.807, 2.05) is 0 Å². The van der Waals surface area contributed by atoms with Gasteiger partial charge in [0, 0.05) is 18.5 Å². The first kappa shape index (κ1) is 9.90. The SMILES string of the molecule is O=S(=O)(c1cc2ncccn2n1)n1ccnn1. The van der Waals surface area contributed by atoms with E-state index in [-0.39, 0.29) is 5.03 Å². The summed E-state index contributed by atoms with van der Waals surface area (Å²) in [5, 5.41) is 10.7. The van der Waals surface area contributed by atoms with Gasteiger partial charge in [-0.1, -0.05) is 5.21 Å². The molecule has 0 fully saturated rings. The molecule has 0 saturated heterocycles. The van der Waals surface area contributed by atoms with Crippen LogP contribution in [0.3, 0.4) is 0 Å². The van der Waals surface area contributed by atoms with E-state index in [1.165, 1.54) is 23.0 Å². The zero-order chi connectivity index (χ0) is 11.9. The Morgan fingerprint density at radius 1 is 1.18 bits per heavy atom. The average Bonchev–Trinajstić information content (AvgIpc) is 2.98. The fourth-order valence-corrected chi connectivity index (χ4v) is 2.35. The highest BCUT2D eigenvalue weighted by Gasteiger charge is 2.21. The third kappa shape index (κ3) is 1.47. The highest BCUT2D eigenvalue weighted by atomic mass is 32.2. The van der Waals surface area contributed by atoms with Gasteiger partial charge in [0.25, 0.3) is 0 Å².